The van der Waals surface area contributed by atoms with Crippen LogP contribution in [0.4, 0.5) is 0 Å². The van der Waals surface area contributed by atoms with E-state index in [9.17, 15) is 4.79 Å². The number of hydrogen-bond donors (Lipinski definition) is 1. The Morgan fingerprint density at radius 1 is 1.41 bits per heavy atom. The van der Waals surface area contributed by atoms with E-state index in [2.05, 4.69) is 15.6 Å². The maximum Gasteiger partial charge on any atom is 0.302 e. The van der Waals surface area contributed by atoms with Crippen LogP contribution in [0, 0.1) is 0 Å². The monoisotopic (exact) mass is 234 g/mol. The minimum absolute atomic E-state index is 0.105. The van der Waals surface area contributed by atoms with Crippen molar-refractivity contribution in [2.24, 2.45) is 0 Å². The largest absolute Gasteiger partial charge is 0.462 e. The summed E-state index contributed by atoms with van der Waals surface area (Å²) in [6.45, 7) is 3.90. The molecule has 0 saturated heterocycles. The van der Waals surface area contributed by atoms with Crippen molar-refractivity contribution in [2.75, 3.05) is 12.5 Å². The van der Waals surface area contributed by atoms with Crippen LogP contribution >= 0.6 is 0 Å². The molecule has 0 aromatic carbocycles. The summed E-state index contributed by atoms with van der Waals surface area (Å²) in [5.41, 5.74) is 2.75. The molecule has 0 bridgehead atoms. The highest BCUT2D eigenvalue weighted by Crippen LogP contribution is 2.14. The van der Waals surface area contributed by atoms with Gasteiger partial charge in [-0.1, -0.05) is 13.8 Å². The second kappa shape index (κ2) is 4.40. The van der Waals surface area contributed by atoms with Crippen LogP contribution in [0.2, 0.25) is 0 Å². The molecule has 0 aliphatic heterocycles. The molecule has 2 rings (SSSR count). The number of nitrogens with one attached hydrogen (secondary N) is 1. The third kappa shape index (κ3) is 1.93. The summed E-state index contributed by atoms with van der Waals surface area (Å²) in [5.74, 6) is 1.11. The van der Waals surface area contributed by atoms with Crippen LogP contribution in [0.15, 0.2) is 27.6 Å². The molecular formula is C11H14N4O2. The zero-order chi connectivity index (χ0) is 12.4. The van der Waals surface area contributed by atoms with E-state index in [0.29, 0.717) is 11.6 Å². The number of nitrogens with zero attached hydrogens (tertiary/aromatic N) is 3. The lowest BCUT2D eigenvalue weighted by Crippen LogP contribution is -2.33. The third-order valence-corrected chi connectivity index (χ3v) is 2.38. The summed E-state index contributed by atoms with van der Waals surface area (Å²) in [7, 11) is 1.67. The van der Waals surface area contributed by atoms with Gasteiger partial charge in [-0.3, -0.25) is 4.79 Å². The lowest BCUT2D eigenvalue weighted by atomic mass is 10.2. The average molecular weight is 234 g/mol. The fourth-order valence-electron chi connectivity index (χ4n) is 1.56. The van der Waals surface area contributed by atoms with Crippen LogP contribution in [-0.4, -0.2) is 21.9 Å². The van der Waals surface area contributed by atoms with Crippen molar-refractivity contribution in [3.63, 3.8) is 0 Å². The second-order valence-electron chi connectivity index (χ2n) is 3.90. The SMILES string of the molecule is CNn1c(C(C)C)nnc(-c2ccco2)c1=O. The highest BCUT2D eigenvalue weighted by Gasteiger charge is 2.16. The van der Waals surface area contributed by atoms with Crippen molar-refractivity contribution in [3.8, 4) is 11.5 Å². The molecule has 0 spiro atoms. The molecule has 0 saturated carbocycles. The van der Waals surface area contributed by atoms with Gasteiger partial charge < -0.3 is 9.84 Å². The first kappa shape index (κ1) is 11.4. The summed E-state index contributed by atoms with van der Waals surface area (Å²) in [6, 6.07) is 3.39. The van der Waals surface area contributed by atoms with Gasteiger partial charge in [0.05, 0.1) is 6.26 Å². The lowest BCUT2D eigenvalue weighted by Gasteiger charge is -2.12. The Balaban J connectivity index is 2.63. The molecule has 17 heavy (non-hydrogen) atoms. The number of aromatic nitrogens is 3. The molecule has 0 amide bonds. The minimum Gasteiger partial charge on any atom is -0.462 e. The van der Waals surface area contributed by atoms with E-state index in [4.69, 9.17) is 4.42 Å². The molecule has 2 aromatic rings. The smallest absolute Gasteiger partial charge is 0.302 e. The molecule has 0 aliphatic carbocycles. The third-order valence-electron chi connectivity index (χ3n) is 2.38. The van der Waals surface area contributed by atoms with Gasteiger partial charge in [0.1, 0.15) is 0 Å². The molecule has 0 aliphatic rings. The van der Waals surface area contributed by atoms with Gasteiger partial charge >= 0.3 is 5.56 Å². The average Bonchev–Trinajstić information content (AvgIpc) is 2.81. The van der Waals surface area contributed by atoms with Crippen molar-refractivity contribution in [1.29, 1.82) is 0 Å². The number of furan rings is 1. The van der Waals surface area contributed by atoms with Crippen molar-refractivity contribution in [2.45, 2.75) is 19.8 Å². The van der Waals surface area contributed by atoms with Crippen LogP contribution < -0.4 is 11.0 Å². The lowest BCUT2D eigenvalue weighted by molar-refractivity contribution is 0.570. The molecule has 1 N–H and O–H groups in total. The van der Waals surface area contributed by atoms with Crippen molar-refractivity contribution in [1.82, 2.24) is 14.9 Å². The highest BCUT2D eigenvalue weighted by molar-refractivity contribution is 5.49. The topological polar surface area (TPSA) is 73.0 Å². The predicted octanol–water partition coefficient (Wildman–Crippen LogP) is 1.19. The molecule has 2 heterocycles. The van der Waals surface area contributed by atoms with Gasteiger partial charge in [0.25, 0.3) is 0 Å². The molecule has 0 fully saturated rings. The Morgan fingerprint density at radius 2 is 2.18 bits per heavy atom. The second-order valence-corrected chi connectivity index (χ2v) is 3.90. The molecular weight excluding hydrogens is 220 g/mol. The Kier molecular flexibility index (Phi) is 2.95. The first-order valence-electron chi connectivity index (χ1n) is 5.36. The van der Waals surface area contributed by atoms with E-state index in [1.165, 1.54) is 10.9 Å². The molecule has 6 heteroatoms. The van der Waals surface area contributed by atoms with Crippen LogP contribution in [0.3, 0.4) is 0 Å². The van der Waals surface area contributed by atoms with E-state index in [1.807, 2.05) is 13.8 Å². The molecule has 0 radical (unpaired) electrons. The van der Waals surface area contributed by atoms with Crippen LogP contribution in [0.5, 0.6) is 0 Å². The van der Waals surface area contributed by atoms with E-state index in [0.717, 1.165) is 0 Å². The van der Waals surface area contributed by atoms with Gasteiger partial charge in [-0.25, -0.2) is 4.68 Å². The highest BCUT2D eigenvalue weighted by atomic mass is 16.3. The van der Waals surface area contributed by atoms with Crippen molar-refractivity contribution in [3.05, 3.63) is 34.6 Å². The van der Waals surface area contributed by atoms with Gasteiger partial charge in [0.15, 0.2) is 17.3 Å². The van der Waals surface area contributed by atoms with Crippen LogP contribution in [0.1, 0.15) is 25.6 Å². The minimum atomic E-state index is -0.263. The number of hydrogen-bond acceptors (Lipinski definition) is 5. The Bertz CT molecular complexity index is 557. The first-order valence-corrected chi connectivity index (χ1v) is 5.36. The fourth-order valence-corrected chi connectivity index (χ4v) is 1.56. The Morgan fingerprint density at radius 3 is 2.71 bits per heavy atom. The molecule has 6 nitrogen and oxygen atoms in total. The molecule has 2 aromatic heterocycles. The molecule has 0 unspecified atom stereocenters. The quantitative estimate of drug-likeness (QED) is 0.863. The summed E-state index contributed by atoms with van der Waals surface area (Å²) in [5, 5.41) is 7.99. The molecule has 0 atom stereocenters. The summed E-state index contributed by atoms with van der Waals surface area (Å²) in [6.07, 6.45) is 1.50. The van der Waals surface area contributed by atoms with Gasteiger partial charge in [-0.2, -0.15) is 0 Å². The zero-order valence-corrected chi connectivity index (χ0v) is 9.97. The maximum atomic E-state index is 12.2. The zero-order valence-electron chi connectivity index (χ0n) is 9.97. The van der Waals surface area contributed by atoms with Crippen LogP contribution in [0.25, 0.3) is 11.5 Å². The Hall–Kier alpha value is -2.11. The van der Waals surface area contributed by atoms with Crippen molar-refractivity contribution < 1.29 is 4.42 Å². The standard InChI is InChI=1S/C11H14N4O2/c1-7(2)10-14-13-9(8-5-4-6-17-8)11(16)15(10)12-3/h4-7,12H,1-3H3. The van der Waals surface area contributed by atoms with E-state index in [-0.39, 0.29) is 17.2 Å². The maximum absolute atomic E-state index is 12.2. The summed E-state index contributed by atoms with van der Waals surface area (Å²) >= 11 is 0. The molecule has 90 valence electrons. The van der Waals surface area contributed by atoms with E-state index in [1.54, 1.807) is 19.2 Å². The summed E-state index contributed by atoms with van der Waals surface area (Å²) < 4.78 is 6.54. The van der Waals surface area contributed by atoms with E-state index < -0.39 is 0 Å². The van der Waals surface area contributed by atoms with Crippen molar-refractivity contribution >= 4 is 0 Å². The van der Waals surface area contributed by atoms with Gasteiger partial charge in [0, 0.05) is 13.0 Å². The Labute approximate surface area is 98.3 Å². The first-order chi connectivity index (χ1) is 8.15. The predicted molar refractivity (Wildman–Crippen MR) is 63.4 cm³/mol. The van der Waals surface area contributed by atoms with Crippen LogP contribution in [-0.2, 0) is 0 Å². The van der Waals surface area contributed by atoms with Gasteiger partial charge in [-0.15, -0.1) is 10.2 Å². The van der Waals surface area contributed by atoms with Gasteiger partial charge in [0.2, 0.25) is 0 Å². The summed E-state index contributed by atoms with van der Waals surface area (Å²) in [4.78, 5) is 12.2. The normalized spacial score (nSPS) is 10.8. The fraction of sp³-hybridized carbons (Fsp3) is 0.364. The number of rotatable bonds is 3. The van der Waals surface area contributed by atoms with Gasteiger partial charge in [-0.05, 0) is 12.1 Å². The van der Waals surface area contributed by atoms with E-state index >= 15 is 0 Å².